The highest BCUT2D eigenvalue weighted by Crippen LogP contribution is 2.21. The minimum atomic E-state index is -0.430. The number of hydrogen-bond donors (Lipinski definition) is 1. The molecule has 17 heavy (non-hydrogen) atoms. The van der Waals surface area contributed by atoms with Gasteiger partial charge in [0.25, 0.3) is 5.69 Å². The molecule has 0 spiro atoms. The molecule has 0 aliphatic rings. The molecule has 2 aromatic heterocycles. The highest BCUT2D eigenvalue weighted by Gasteiger charge is 2.12. The third kappa shape index (κ3) is 2.39. The summed E-state index contributed by atoms with van der Waals surface area (Å²) in [5.41, 5.74) is 0.569. The van der Waals surface area contributed by atoms with Crippen molar-refractivity contribution in [2.75, 3.05) is 5.32 Å². The monoisotopic (exact) mass is 233 g/mol. The Kier molecular flexibility index (Phi) is 2.73. The summed E-state index contributed by atoms with van der Waals surface area (Å²) in [6.45, 7) is 1.65. The van der Waals surface area contributed by atoms with Gasteiger partial charge in [0.05, 0.1) is 11.0 Å². The Morgan fingerprint density at radius 2 is 2.24 bits per heavy atom. The second kappa shape index (κ2) is 4.20. The zero-order chi connectivity index (χ0) is 12.4. The highest BCUT2D eigenvalue weighted by atomic mass is 16.6. The fourth-order valence-electron chi connectivity index (χ4n) is 1.39. The summed E-state index contributed by atoms with van der Waals surface area (Å²) < 4.78 is 1.63. The van der Waals surface area contributed by atoms with Gasteiger partial charge in [-0.1, -0.05) is 0 Å². The van der Waals surface area contributed by atoms with Gasteiger partial charge in [0.2, 0.25) is 0 Å². The normalized spacial score (nSPS) is 10.2. The Morgan fingerprint density at radius 1 is 1.47 bits per heavy atom. The van der Waals surface area contributed by atoms with Crippen LogP contribution in [0, 0.1) is 17.0 Å². The van der Waals surface area contributed by atoms with Crippen LogP contribution >= 0.6 is 0 Å². The first-order valence-electron chi connectivity index (χ1n) is 4.94. The standard InChI is InChI=1S/C10H11N5O2/c1-7-6-11-10(5-8(7)15(16)17)12-9-3-4-14(2)13-9/h3-6H,1-2H3,(H,11,12,13). The van der Waals surface area contributed by atoms with Gasteiger partial charge in [-0.3, -0.25) is 14.8 Å². The van der Waals surface area contributed by atoms with E-state index in [1.807, 2.05) is 0 Å². The first-order chi connectivity index (χ1) is 8.06. The molecule has 0 atom stereocenters. The van der Waals surface area contributed by atoms with E-state index in [0.29, 0.717) is 17.2 Å². The summed E-state index contributed by atoms with van der Waals surface area (Å²) in [6.07, 6.45) is 3.23. The van der Waals surface area contributed by atoms with Crippen molar-refractivity contribution in [3.05, 3.63) is 40.2 Å². The van der Waals surface area contributed by atoms with Gasteiger partial charge >= 0.3 is 0 Å². The Labute approximate surface area is 97.2 Å². The van der Waals surface area contributed by atoms with Crippen molar-refractivity contribution in [1.29, 1.82) is 0 Å². The number of aromatic nitrogens is 3. The van der Waals surface area contributed by atoms with Crippen LogP contribution < -0.4 is 5.32 Å². The van der Waals surface area contributed by atoms with E-state index < -0.39 is 4.92 Å². The maximum absolute atomic E-state index is 10.8. The van der Waals surface area contributed by atoms with Crippen LogP contribution in [-0.4, -0.2) is 19.7 Å². The Morgan fingerprint density at radius 3 is 2.82 bits per heavy atom. The van der Waals surface area contributed by atoms with E-state index in [1.165, 1.54) is 12.3 Å². The second-order valence-corrected chi connectivity index (χ2v) is 3.61. The van der Waals surface area contributed by atoms with Gasteiger partial charge in [-0.25, -0.2) is 4.98 Å². The van der Waals surface area contributed by atoms with E-state index in [2.05, 4.69) is 15.4 Å². The smallest absolute Gasteiger partial charge is 0.277 e. The Hall–Kier alpha value is -2.44. The van der Waals surface area contributed by atoms with E-state index >= 15 is 0 Å². The number of pyridine rings is 1. The first-order valence-corrected chi connectivity index (χ1v) is 4.94. The van der Waals surface area contributed by atoms with Crippen molar-refractivity contribution in [1.82, 2.24) is 14.8 Å². The molecule has 2 rings (SSSR count). The third-order valence-electron chi connectivity index (χ3n) is 2.24. The van der Waals surface area contributed by atoms with Crippen LogP contribution in [0.3, 0.4) is 0 Å². The van der Waals surface area contributed by atoms with Gasteiger partial charge in [-0.15, -0.1) is 0 Å². The molecule has 0 aliphatic carbocycles. The lowest BCUT2D eigenvalue weighted by Crippen LogP contribution is -1.99. The first kappa shape index (κ1) is 11.1. The van der Waals surface area contributed by atoms with Crippen LogP contribution in [0.1, 0.15) is 5.56 Å². The molecule has 0 unspecified atom stereocenters. The molecule has 88 valence electrons. The minimum absolute atomic E-state index is 0.0402. The number of nitro groups is 1. The lowest BCUT2D eigenvalue weighted by Gasteiger charge is -2.02. The van der Waals surface area contributed by atoms with Gasteiger partial charge in [-0.05, 0) is 6.92 Å². The van der Waals surface area contributed by atoms with Crippen molar-refractivity contribution >= 4 is 17.3 Å². The SMILES string of the molecule is Cc1cnc(Nc2ccn(C)n2)cc1[N+](=O)[O-]. The quantitative estimate of drug-likeness (QED) is 0.645. The molecule has 0 aromatic carbocycles. The maximum Gasteiger partial charge on any atom is 0.277 e. The topological polar surface area (TPSA) is 85.9 Å². The van der Waals surface area contributed by atoms with Crippen LogP contribution in [0.5, 0.6) is 0 Å². The van der Waals surface area contributed by atoms with E-state index in [9.17, 15) is 10.1 Å². The molecule has 0 saturated heterocycles. The molecule has 2 heterocycles. The molecule has 0 fully saturated rings. The second-order valence-electron chi connectivity index (χ2n) is 3.61. The predicted molar refractivity (Wildman–Crippen MR) is 62.1 cm³/mol. The number of aryl methyl sites for hydroxylation is 2. The maximum atomic E-state index is 10.8. The fourth-order valence-corrected chi connectivity index (χ4v) is 1.39. The zero-order valence-corrected chi connectivity index (χ0v) is 9.41. The molecule has 0 amide bonds. The largest absolute Gasteiger partial charge is 0.323 e. The average Bonchev–Trinajstić information content (AvgIpc) is 2.66. The van der Waals surface area contributed by atoms with Crippen LogP contribution in [0.4, 0.5) is 17.3 Å². The molecule has 0 aliphatic heterocycles. The molecular formula is C10H11N5O2. The van der Waals surface area contributed by atoms with Gasteiger partial charge < -0.3 is 5.32 Å². The zero-order valence-electron chi connectivity index (χ0n) is 9.41. The number of rotatable bonds is 3. The summed E-state index contributed by atoms with van der Waals surface area (Å²) in [4.78, 5) is 14.4. The summed E-state index contributed by atoms with van der Waals surface area (Å²) in [5, 5.41) is 17.8. The van der Waals surface area contributed by atoms with Crippen molar-refractivity contribution < 1.29 is 4.92 Å². The molecule has 2 aromatic rings. The summed E-state index contributed by atoms with van der Waals surface area (Å²) in [5.74, 6) is 0.999. The average molecular weight is 233 g/mol. The molecule has 0 bridgehead atoms. The van der Waals surface area contributed by atoms with E-state index in [4.69, 9.17) is 0 Å². The van der Waals surface area contributed by atoms with Gasteiger partial charge in [0.1, 0.15) is 5.82 Å². The number of nitrogens with one attached hydrogen (secondary N) is 1. The molecule has 0 radical (unpaired) electrons. The summed E-state index contributed by atoms with van der Waals surface area (Å²) in [7, 11) is 1.79. The van der Waals surface area contributed by atoms with Gasteiger partial charge in [-0.2, -0.15) is 5.10 Å². The van der Waals surface area contributed by atoms with Crippen molar-refractivity contribution in [3.8, 4) is 0 Å². The third-order valence-corrected chi connectivity index (χ3v) is 2.24. The number of nitrogens with zero attached hydrogens (tertiary/aromatic N) is 4. The van der Waals surface area contributed by atoms with Crippen molar-refractivity contribution in [2.24, 2.45) is 7.05 Å². The van der Waals surface area contributed by atoms with E-state index in [0.717, 1.165) is 0 Å². The molecule has 0 saturated carbocycles. The molecule has 1 N–H and O–H groups in total. The van der Waals surface area contributed by atoms with E-state index in [-0.39, 0.29) is 5.69 Å². The van der Waals surface area contributed by atoms with Crippen LogP contribution in [-0.2, 0) is 7.05 Å². The van der Waals surface area contributed by atoms with Crippen LogP contribution in [0.2, 0.25) is 0 Å². The highest BCUT2D eigenvalue weighted by molar-refractivity contribution is 5.56. The predicted octanol–water partition coefficient (Wildman–Crippen LogP) is 1.78. The Bertz CT molecular complexity index is 564. The summed E-state index contributed by atoms with van der Waals surface area (Å²) in [6, 6.07) is 3.15. The van der Waals surface area contributed by atoms with Crippen molar-refractivity contribution in [3.63, 3.8) is 0 Å². The summed E-state index contributed by atoms with van der Waals surface area (Å²) >= 11 is 0. The Balaban J connectivity index is 2.28. The number of hydrogen-bond acceptors (Lipinski definition) is 5. The fraction of sp³-hybridized carbons (Fsp3) is 0.200. The molecule has 7 heteroatoms. The van der Waals surface area contributed by atoms with Crippen molar-refractivity contribution in [2.45, 2.75) is 6.92 Å². The van der Waals surface area contributed by atoms with Crippen LogP contribution in [0.25, 0.3) is 0 Å². The lowest BCUT2D eigenvalue weighted by atomic mass is 10.2. The van der Waals surface area contributed by atoms with Gasteiger partial charge in [0, 0.05) is 31.1 Å². The van der Waals surface area contributed by atoms with Crippen LogP contribution in [0.15, 0.2) is 24.5 Å². The minimum Gasteiger partial charge on any atom is -0.323 e. The number of anilines is 2. The van der Waals surface area contributed by atoms with Gasteiger partial charge in [0.15, 0.2) is 5.82 Å². The van der Waals surface area contributed by atoms with E-state index in [1.54, 1.807) is 30.9 Å². The molecular weight excluding hydrogens is 222 g/mol. The molecule has 7 nitrogen and oxygen atoms in total. The lowest BCUT2D eigenvalue weighted by molar-refractivity contribution is -0.385.